The highest BCUT2D eigenvalue weighted by Gasteiger charge is 2.06. The van der Waals surface area contributed by atoms with E-state index in [2.05, 4.69) is 15.6 Å². The number of aryl methyl sites for hydroxylation is 1. The lowest BCUT2D eigenvalue weighted by molar-refractivity contribution is -0.115. The number of hydrogen-bond acceptors (Lipinski definition) is 4. The van der Waals surface area contributed by atoms with Crippen LogP contribution in [0.4, 0.5) is 5.69 Å². The van der Waals surface area contributed by atoms with Gasteiger partial charge in [0.25, 0.3) is 0 Å². The smallest absolute Gasteiger partial charge is 0.238 e. The Bertz CT molecular complexity index is 560. The molecule has 0 aliphatic carbocycles. The predicted octanol–water partition coefficient (Wildman–Crippen LogP) is 2.07. The third-order valence-corrected chi connectivity index (χ3v) is 2.45. The zero-order valence-corrected chi connectivity index (χ0v) is 10.8. The van der Waals surface area contributed by atoms with Crippen LogP contribution in [0.2, 0.25) is 0 Å². The molecule has 0 fully saturated rings. The minimum absolute atomic E-state index is 0.0664. The van der Waals surface area contributed by atoms with E-state index < -0.39 is 0 Å². The Labute approximate surface area is 106 Å². The Balaban J connectivity index is 2.05. The van der Waals surface area contributed by atoms with Crippen LogP contribution in [0, 0.1) is 6.92 Å². The number of nitrogens with one attached hydrogen (secondary N) is 2. The van der Waals surface area contributed by atoms with Crippen molar-refractivity contribution >= 4 is 22.7 Å². The molecule has 5 heteroatoms. The maximum atomic E-state index is 11.6. The number of hydrogen-bond donors (Lipinski definition) is 2. The number of benzene rings is 1. The summed E-state index contributed by atoms with van der Waals surface area (Å²) in [5, 5.41) is 5.88. The van der Waals surface area contributed by atoms with E-state index in [9.17, 15) is 4.79 Å². The van der Waals surface area contributed by atoms with E-state index in [0.717, 1.165) is 16.8 Å². The van der Waals surface area contributed by atoms with Gasteiger partial charge < -0.3 is 15.1 Å². The van der Waals surface area contributed by atoms with Gasteiger partial charge in [-0.25, -0.2) is 4.98 Å². The molecule has 2 N–H and O–H groups in total. The van der Waals surface area contributed by atoms with Gasteiger partial charge in [-0.2, -0.15) is 0 Å². The summed E-state index contributed by atoms with van der Waals surface area (Å²) in [6.45, 7) is 6.09. The second kappa shape index (κ2) is 5.18. The van der Waals surface area contributed by atoms with Crippen molar-refractivity contribution in [3.8, 4) is 0 Å². The lowest BCUT2D eigenvalue weighted by Crippen LogP contribution is -2.32. The molecule has 0 saturated heterocycles. The summed E-state index contributed by atoms with van der Waals surface area (Å²) in [7, 11) is 0. The monoisotopic (exact) mass is 247 g/mol. The molecule has 0 aliphatic heterocycles. The summed E-state index contributed by atoms with van der Waals surface area (Å²) in [6.07, 6.45) is 0. The molecule has 0 bridgehead atoms. The fourth-order valence-electron chi connectivity index (χ4n) is 1.62. The van der Waals surface area contributed by atoms with Crippen molar-refractivity contribution in [2.75, 3.05) is 11.9 Å². The lowest BCUT2D eigenvalue weighted by atomic mass is 10.3. The van der Waals surface area contributed by atoms with Crippen LogP contribution >= 0.6 is 0 Å². The SMILES string of the molecule is Cc1nc2cc(NC(=O)CNC(C)C)ccc2o1. The van der Waals surface area contributed by atoms with Crippen LogP contribution in [0.15, 0.2) is 22.6 Å². The molecule has 0 spiro atoms. The highest BCUT2D eigenvalue weighted by molar-refractivity contribution is 5.94. The van der Waals surface area contributed by atoms with Crippen molar-refractivity contribution in [3.05, 3.63) is 24.1 Å². The highest BCUT2D eigenvalue weighted by atomic mass is 16.3. The summed E-state index contributed by atoms with van der Waals surface area (Å²) in [5.41, 5.74) is 2.21. The molecule has 0 saturated carbocycles. The summed E-state index contributed by atoms with van der Waals surface area (Å²) >= 11 is 0. The largest absolute Gasteiger partial charge is 0.441 e. The van der Waals surface area contributed by atoms with E-state index in [4.69, 9.17) is 4.42 Å². The Morgan fingerprint density at radius 1 is 1.44 bits per heavy atom. The van der Waals surface area contributed by atoms with Gasteiger partial charge >= 0.3 is 0 Å². The topological polar surface area (TPSA) is 67.2 Å². The van der Waals surface area contributed by atoms with Gasteiger partial charge in [0.15, 0.2) is 11.5 Å². The van der Waals surface area contributed by atoms with E-state index in [-0.39, 0.29) is 11.9 Å². The summed E-state index contributed by atoms with van der Waals surface area (Å²) in [5.74, 6) is 0.554. The van der Waals surface area contributed by atoms with Crippen molar-refractivity contribution in [1.82, 2.24) is 10.3 Å². The number of anilines is 1. The van der Waals surface area contributed by atoms with Crippen molar-refractivity contribution in [3.63, 3.8) is 0 Å². The molecule has 2 rings (SSSR count). The van der Waals surface area contributed by atoms with Crippen LogP contribution in [0.1, 0.15) is 19.7 Å². The van der Waals surface area contributed by atoms with Crippen molar-refractivity contribution < 1.29 is 9.21 Å². The second-order valence-corrected chi connectivity index (χ2v) is 4.50. The second-order valence-electron chi connectivity index (χ2n) is 4.50. The molecule has 0 radical (unpaired) electrons. The van der Waals surface area contributed by atoms with Crippen LogP contribution in [-0.2, 0) is 4.79 Å². The van der Waals surface area contributed by atoms with Gasteiger partial charge in [0, 0.05) is 18.7 Å². The predicted molar refractivity (Wildman–Crippen MR) is 70.5 cm³/mol. The third kappa shape index (κ3) is 3.07. The zero-order chi connectivity index (χ0) is 13.1. The molecule has 96 valence electrons. The third-order valence-electron chi connectivity index (χ3n) is 2.45. The van der Waals surface area contributed by atoms with Crippen LogP contribution in [0.3, 0.4) is 0 Å². The standard InChI is InChI=1S/C13H17N3O2/c1-8(2)14-7-13(17)16-10-4-5-12-11(6-10)15-9(3)18-12/h4-6,8,14H,7H2,1-3H3,(H,16,17). The molecule has 1 aromatic heterocycles. The number of carbonyl (C=O) groups excluding carboxylic acids is 1. The summed E-state index contributed by atoms with van der Waals surface area (Å²) < 4.78 is 5.37. The molecule has 0 unspecified atom stereocenters. The number of rotatable bonds is 4. The zero-order valence-electron chi connectivity index (χ0n) is 10.8. The molecule has 2 aromatic rings. The fraction of sp³-hybridized carbons (Fsp3) is 0.385. The number of nitrogens with zero attached hydrogens (tertiary/aromatic N) is 1. The highest BCUT2D eigenvalue weighted by Crippen LogP contribution is 2.19. The van der Waals surface area contributed by atoms with Crippen LogP contribution < -0.4 is 10.6 Å². The number of fused-ring (bicyclic) bond motifs is 1. The first-order valence-electron chi connectivity index (χ1n) is 5.95. The Morgan fingerprint density at radius 2 is 2.22 bits per heavy atom. The first-order valence-corrected chi connectivity index (χ1v) is 5.95. The van der Waals surface area contributed by atoms with E-state index in [0.29, 0.717) is 12.4 Å². The van der Waals surface area contributed by atoms with Crippen LogP contribution in [0.25, 0.3) is 11.1 Å². The van der Waals surface area contributed by atoms with Gasteiger partial charge in [-0.15, -0.1) is 0 Å². The van der Waals surface area contributed by atoms with Gasteiger partial charge in [-0.1, -0.05) is 13.8 Å². The van der Waals surface area contributed by atoms with Gasteiger partial charge in [0.1, 0.15) is 5.52 Å². The Kier molecular flexibility index (Phi) is 3.62. The number of carbonyl (C=O) groups is 1. The van der Waals surface area contributed by atoms with Crippen molar-refractivity contribution in [1.29, 1.82) is 0 Å². The van der Waals surface area contributed by atoms with Crippen LogP contribution in [0.5, 0.6) is 0 Å². The van der Waals surface area contributed by atoms with E-state index >= 15 is 0 Å². The van der Waals surface area contributed by atoms with E-state index in [1.807, 2.05) is 13.8 Å². The molecule has 0 aliphatic rings. The minimum atomic E-state index is -0.0664. The Morgan fingerprint density at radius 3 is 2.94 bits per heavy atom. The van der Waals surface area contributed by atoms with Gasteiger partial charge in [-0.3, -0.25) is 4.79 Å². The molecule has 0 atom stereocenters. The number of aromatic nitrogens is 1. The quantitative estimate of drug-likeness (QED) is 0.868. The number of amides is 1. The van der Waals surface area contributed by atoms with Crippen LogP contribution in [-0.4, -0.2) is 23.5 Å². The average Bonchev–Trinajstić information content (AvgIpc) is 2.66. The van der Waals surface area contributed by atoms with E-state index in [1.54, 1.807) is 25.1 Å². The van der Waals surface area contributed by atoms with Crippen molar-refractivity contribution in [2.24, 2.45) is 0 Å². The molecule has 1 aromatic carbocycles. The van der Waals surface area contributed by atoms with Gasteiger partial charge in [-0.05, 0) is 18.2 Å². The number of oxazole rings is 1. The molecule has 18 heavy (non-hydrogen) atoms. The lowest BCUT2D eigenvalue weighted by Gasteiger charge is -2.08. The normalized spacial score (nSPS) is 11.1. The van der Waals surface area contributed by atoms with E-state index in [1.165, 1.54) is 0 Å². The van der Waals surface area contributed by atoms with Crippen molar-refractivity contribution in [2.45, 2.75) is 26.8 Å². The van der Waals surface area contributed by atoms with Gasteiger partial charge in [0.2, 0.25) is 5.91 Å². The molecular weight excluding hydrogens is 230 g/mol. The summed E-state index contributed by atoms with van der Waals surface area (Å²) in [4.78, 5) is 15.9. The molecule has 5 nitrogen and oxygen atoms in total. The van der Waals surface area contributed by atoms with Gasteiger partial charge in [0.05, 0.1) is 6.54 Å². The molecular formula is C13H17N3O2. The maximum Gasteiger partial charge on any atom is 0.238 e. The first kappa shape index (κ1) is 12.6. The Hall–Kier alpha value is -1.88. The fourth-order valence-corrected chi connectivity index (χ4v) is 1.62. The maximum absolute atomic E-state index is 11.6. The minimum Gasteiger partial charge on any atom is -0.441 e. The first-order chi connectivity index (χ1) is 8.54. The molecule has 1 heterocycles. The molecule has 1 amide bonds. The summed E-state index contributed by atoms with van der Waals surface area (Å²) in [6, 6.07) is 5.71. The average molecular weight is 247 g/mol.